The highest BCUT2D eigenvalue weighted by Gasteiger charge is 2.06. The highest BCUT2D eigenvalue weighted by atomic mass is 127. The number of halogens is 1. The number of guanidine groups is 1. The Morgan fingerprint density at radius 2 is 2.04 bits per heavy atom. The molecule has 0 saturated carbocycles. The molecular weight excluding hydrogens is 451 g/mol. The van der Waals surface area contributed by atoms with Gasteiger partial charge in [-0.05, 0) is 19.1 Å². The van der Waals surface area contributed by atoms with E-state index >= 15 is 0 Å². The topological polar surface area (TPSA) is 49.3 Å². The van der Waals surface area contributed by atoms with Gasteiger partial charge >= 0.3 is 0 Å². The molecule has 0 aliphatic heterocycles. The standard InChI is InChI=1S/C17H24N4S2.HI/c1-13(22-15-7-5-4-6-8-15)12-21-17(18-3)19-10-9-16-20-11-14(2)23-16;/h4-8,11,13H,9-10,12H2,1-3H3,(H2,18,19,21);1H. The highest BCUT2D eigenvalue weighted by molar-refractivity contribution is 14.0. The van der Waals surface area contributed by atoms with Gasteiger partial charge in [0.2, 0.25) is 0 Å². The second-order valence-electron chi connectivity index (χ2n) is 5.24. The van der Waals surface area contributed by atoms with Crippen molar-refractivity contribution < 1.29 is 0 Å². The number of aromatic nitrogens is 1. The summed E-state index contributed by atoms with van der Waals surface area (Å²) in [7, 11) is 1.80. The molecule has 2 rings (SSSR count). The van der Waals surface area contributed by atoms with Crippen molar-refractivity contribution in [1.29, 1.82) is 0 Å². The SMILES string of the molecule is CN=C(NCCc1ncc(C)s1)NCC(C)Sc1ccccc1.I. The zero-order chi connectivity index (χ0) is 16.5. The molecule has 132 valence electrons. The number of thiazole rings is 1. The first-order valence-corrected chi connectivity index (χ1v) is 9.44. The quantitative estimate of drug-likeness (QED) is 0.275. The Kier molecular flexibility index (Phi) is 10.4. The molecule has 0 bridgehead atoms. The maximum atomic E-state index is 4.37. The molecule has 2 aromatic rings. The van der Waals surface area contributed by atoms with E-state index in [1.165, 1.54) is 14.8 Å². The first-order chi connectivity index (χ1) is 11.2. The number of hydrogen-bond donors (Lipinski definition) is 2. The second-order valence-corrected chi connectivity index (χ2v) is 8.07. The average molecular weight is 476 g/mol. The molecule has 7 heteroatoms. The molecule has 2 N–H and O–H groups in total. The summed E-state index contributed by atoms with van der Waals surface area (Å²) in [6.07, 6.45) is 2.85. The summed E-state index contributed by atoms with van der Waals surface area (Å²) in [5.74, 6) is 0.846. The Hall–Kier alpha value is -0.800. The number of nitrogens with zero attached hydrogens (tertiary/aromatic N) is 2. The zero-order valence-electron chi connectivity index (χ0n) is 14.3. The van der Waals surface area contributed by atoms with Gasteiger partial charge in [0.1, 0.15) is 0 Å². The third-order valence-corrected chi connectivity index (χ3v) is 5.25. The number of benzene rings is 1. The molecule has 0 fully saturated rings. The fourth-order valence-corrected chi connectivity index (χ4v) is 3.77. The summed E-state index contributed by atoms with van der Waals surface area (Å²) in [6, 6.07) is 10.5. The van der Waals surface area contributed by atoms with Crippen LogP contribution in [0.25, 0.3) is 0 Å². The van der Waals surface area contributed by atoms with Crippen LogP contribution in [0.2, 0.25) is 0 Å². The van der Waals surface area contributed by atoms with E-state index < -0.39 is 0 Å². The third kappa shape index (κ3) is 7.85. The van der Waals surface area contributed by atoms with Crippen LogP contribution in [0.4, 0.5) is 0 Å². The number of nitrogens with one attached hydrogen (secondary N) is 2. The number of aryl methyl sites for hydroxylation is 1. The third-order valence-electron chi connectivity index (χ3n) is 3.16. The number of aliphatic imine (C=N–C) groups is 1. The van der Waals surface area contributed by atoms with Crippen molar-refractivity contribution in [3.63, 3.8) is 0 Å². The van der Waals surface area contributed by atoms with Crippen molar-refractivity contribution in [2.24, 2.45) is 4.99 Å². The van der Waals surface area contributed by atoms with E-state index in [0.717, 1.165) is 25.5 Å². The maximum Gasteiger partial charge on any atom is 0.191 e. The molecule has 0 spiro atoms. The number of rotatable bonds is 7. The van der Waals surface area contributed by atoms with E-state index in [4.69, 9.17) is 0 Å². The first kappa shape index (κ1) is 21.2. The lowest BCUT2D eigenvalue weighted by Crippen LogP contribution is -2.40. The summed E-state index contributed by atoms with van der Waals surface area (Å²) >= 11 is 3.62. The minimum Gasteiger partial charge on any atom is -0.356 e. The van der Waals surface area contributed by atoms with Crippen LogP contribution in [0, 0.1) is 6.92 Å². The maximum absolute atomic E-state index is 4.37. The molecule has 4 nitrogen and oxygen atoms in total. The monoisotopic (exact) mass is 476 g/mol. The van der Waals surface area contributed by atoms with Gasteiger partial charge in [0, 0.05) is 47.8 Å². The van der Waals surface area contributed by atoms with E-state index in [2.05, 4.69) is 58.7 Å². The van der Waals surface area contributed by atoms with Gasteiger partial charge in [0.25, 0.3) is 0 Å². The fraction of sp³-hybridized carbons (Fsp3) is 0.412. The Morgan fingerprint density at radius 3 is 2.67 bits per heavy atom. The summed E-state index contributed by atoms with van der Waals surface area (Å²) in [4.78, 5) is 11.2. The highest BCUT2D eigenvalue weighted by Crippen LogP contribution is 2.21. The number of thioether (sulfide) groups is 1. The molecule has 1 aromatic carbocycles. The first-order valence-electron chi connectivity index (χ1n) is 7.75. The van der Waals surface area contributed by atoms with Gasteiger partial charge in [-0.2, -0.15) is 0 Å². The summed E-state index contributed by atoms with van der Waals surface area (Å²) in [5.41, 5.74) is 0. The van der Waals surface area contributed by atoms with Crippen molar-refractivity contribution in [1.82, 2.24) is 15.6 Å². The zero-order valence-corrected chi connectivity index (χ0v) is 18.2. The smallest absolute Gasteiger partial charge is 0.191 e. The Balaban J connectivity index is 0.00000288. The molecular formula is C17H25IN4S2. The van der Waals surface area contributed by atoms with Gasteiger partial charge in [0.15, 0.2) is 5.96 Å². The predicted molar refractivity (Wildman–Crippen MR) is 117 cm³/mol. The number of hydrogen-bond acceptors (Lipinski definition) is 4. The largest absolute Gasteiger partial charge is 0.356 e. The predicted octanol–water partition coefficient (Wildman–Crippen LogP) is 3.96. The van der Waals surface area contributed by atoms with Crippen LogP contribution in [0.3, 0.4) is 0 Å². The summed E-state index contributed by atoms with van der Waals surface area (Å²) in [5, 5.41) is 8.36. The molecule has 0 aliphatic carbocycles. The summed E-state index contributed by atoms with van der Waals surface area (Å²) in [6.45, 7) is 6.01. The molecule has 1 aromatic heterocycles. The van der Waals surface area contributed by atoms with Crippen molar-refractivity contribution in [3.8, 4) is 0 Å². The lowest BCUT2D eigenvalue weighted by Gasteiger charge is -2.15. The van der Waals surface area contributed by atoms with Crippen molar-refractivity contribution in [2.75, 3.05) is 20.1 Å². The van der Waals surface area contributed by atoms with Crippen molar-refractivity contribution >= 4 is 53.0 Å². The molecule has 0 saturated heterocycles. The Bertz CT molecular complexity index is 616. The van der Waals surface area contributed by atoms with E-state index in [-0.39, 0.29) is 24.0 Å². The summed E-state index contributed by atoms with van der Waals surface area (Å²) < 4.78 is 0. The van der Waals surface area contributed by atoms with Crippen LogP contribution in [0.5, 0.6) is 0 Å². The van der Waals surface area contributed by atoms with Crippen molar-refractivity contribution in [3.05, 3.63) is 46.4 Å². The second kappa shape index (κ2) is 11.7. The van der Waals surface area contributed by atoms with Crippen LogP contribution in [-0.2, 0) is 6.42 Å². The van der Waals surface area contributed by atoms with E-state index in [0.29, 0.717) is 5.25 Å². The van der Waals surface area contributed by atoms with E-state index in [9.17, 15) is 0 Å². The molecule has 0 radical (unpaired) electrons. The van der Waals surface area contributed by atoms with E-state index in [1.54, 1.807) is 18.4 Å². The van der Waals surface area contributed by atoms with Crippen LogP contribution in [-0.4, -0.2) is 36.3 Å². The lowest BCUT2D eigenvalue weighted by molar-refractivity contribution is 0.779. The van der Waals surface area contributed by atoms with Gasteiger partial charge < -0.3 is 10.6 Å². The van der Waals surface area contributed by atoms with Crippen LogP contribution in [0.15, 0.2) is 46.4 Å². The molecule has 1 atom stereocenters. The minimum absolute atomic E-state index is 0. The van der Waals surface area contributed by atoms with Gasteiger partial charge in [-0.1, -0.05) is 25.1 Å². The van der Waals surface area contributed by atoms with Crippen LogP contribution >= 0.6 is 47.1 Å². The lowest BCUT2D eigenvalue weighted by atomic mass is 10.4. The van der Waals surface area contributed by atoms with Gasteiger partial charge in [-0.15, -0.1) is 47.1 Å². The molecule has 1 unspecified atom stereocenters. The van der Waals surface area contributed by atoms with E-state index in [1.807, 2.05) is 24.0 Å². The Morgan fingerprint density at radius 1 is 1.29 bits per heavy atom. The van der Waals surface area contributed by atoms with Gasteiger partial charge in [0.05, 0.1) is 5.01 Å². The Labute approximate surface area is 170 Å². The molecule has 1 heterocycles. The minimum atomic E-state index is 0. The van der Waals surface area contributed by atoms with Crippen molar-refractivity contribution in [2.45, 2.75) is 30.4 Å². The molecule has 24 heavy (non-hydrogen) atoms. The van der Waals surface area contributed by atoms with Gasteiger partial charge in [-0.25, -0.2) is 4.98 Å². The average Bonchev–Trinajstić information content (AvgIpc) is 2.97. The molecule has 0 aliphatic rings. The fourth-order valence-electron chi connectivity index (χ4n) is 2.04. The van der Waals surface area contributed by atoms with Crippen LogP contribution in [0.1, 0.15) is 16.8 Å². The van der Waals surface area contributed by atoms with Crippen LogP contribution < -0.4 is 10.6 Å². The molecule has 0 amide bonds. The normalized spacial score (nSPS) is 12.4. The van der Waals surface area contributed by atoms with Gasteiger partial charge in [-0.3, -0.25) is 4.99 Å².